The lowest BCUT2D eigenvalue weighted by atomic mass is 10.0. The van der Waals surface area contributed by atoms with Crippen molar-refractivity contribution < 1.29 is 13.5 Å². The number of benzene rings is 1. The van der Waals surface area contributed by atoms with Crippen LogP contribution in [0.5, 0.6) is 5.75 Å². The largest absolute Gasteiger partial charge is 0.493 e. The molecule has 0 bridgehead atoms. The molecule has 0 aliphatic heterocycles. The molecule has 13 heavy (non-hydrogen) atoms. The third-order valence-electron chi connectivity index (χ3n) is 1.83. The van der Waals surface area contributed by atoms with E-state index in [1.54, 1.807) is 13.0 Å². The maximum atomic E-state index is 13.1. The van der Waals surface area contributed by atoms with E-state index < -0.39 is 12.5 Å². The smallest absolute Gasteiger partial charge is 0.165 e. The summed E-state index contributed by atoms with van der Waals surface area (Å²) >= 11 is 0. The van der Waals surface area contributed by atoms with Crippen LogP contribution in [0.4, 0.5) is 8.78 Å². The van der Waals surface area contributed by atoms with E-state index >= 15 is 0 Å². The van der Waals surface area contributed by atoms with E-state index in [0.29, 0.717) is 11.5 Å². The Balaban J connectivity index is 3.12. The van der Waals surface area contributed by atoms with Gasteiger partial charge in [-0.25, -0.2) is 4.39 Å². The maximum Gasteiger partial charge on any atom is 0.165 e. The molecule has 0 aromatic heterocycles. The first kappa shape index (κ1) is 9.96. The number of hydrogen-bond donors (Lipinski definition) is 0. The standard InChI is InChI=1S/C10H11F2O/c1-7(6-11)8-4-3-5-9(12)10(8)13-2/h3-5H,6H2,1-2H3. The van der Waals surface area contributed by atoms with Gasteiger partial charge in [0.05, 0.1) is 13.8 Å². The molecule has 0 atom stereocenters. The van der Waals surface area contributed by atoms with E-state index in [-0.39, 0.29) is 5.75 Å². The van der Waals surface area contributed by atoms with Crippen LogP contribution in [0.25, 0.3) is 0 Å². The number of rotatable bonds is 3. The molecule has 0 saturated carbocycles. The van der Waals surface area contributed by atoms with Crippen molar-refractivity contribution in [2.75, 3.05) is 13.8 Å². The third-order valence-corrected chi connectivity index (χ3v) is 1.83. The minimum Gasteiger partial charge on any atom is -0.493 e. The molecule has 1 rings (SSSR count). The van der Waals surface area contributed by atoms with Crippen LogP contribution < -0.4 is 4.74 Å². The number of halogens is 2. The van der Waals surface area contributed by atoms with Gasteiger partial charge in [0, 0.05) is 11.5 Å². The lowest BCUT2D eigenvalue weighted by Gasteiger charge is -2.12. The van der Waals surface area contributed by atoms with Crippen LogP contribution in [0.15, 0.2) is 18.2 Å². The van der Waals surface area contributed by atoms with Crippen LogP contribution >= 0.6 is 0 Å². The fourth-order valence-corrected chi connectivity index (χ4v) is 1.12. The SMILES string of the molecule is COc1c(F)cccc1[C](C)CF. The maximum absolute atomic E-state index is 13.1. The first-order valence-corrected chi connectivity index (χ1v) is 3.92. The molecule has 1 aromatic carbocycles. The molecule has 0 amide bonds. The first-order chi connectivity index (χ1) is 6.20. The second kappa shape index (κ2) is 4.21. The quantitative estimate of drug-likeness (QED) is 0.703. The Labute approximate surface area is 76.3 Å². The molecular formula is C10H11F2O. The summed E-state index contributed by atoms with van der Waals surface area (Å²) in [5.74, 6) is 0.113. The van der Waals surface area contributed by atoms with Crippen LogP contribution in [0.2, 0.25) is 0 Å². The topological polar surface area (TPSA) is 9.23 Å². The molecule has 1 nitrogen and oxygen atoms in total. The summed E-state index contributed by atoms with van der Waals surface area (Å²) < 4.78 is 30.2. The molecule has 0 saturated heterocycles. The zero-order valence-electron chi connectivity index (χ0n) is 7.60. The van der Waals surface area contributed by atoms with Gasteiger partial charge in [-0.05, 0) is 6.07 Å². The van der Waals surface area contributed by atoms with E-state index in [1.165, 1.54) is 19.2 Å². The minimum atomic E-state index is -0.597. The third kappa shape index (κ3) is 1.97. The molecule has 0 aliphatic carbocycles. The molecule has 0 unspecified atom stereocenters. The second-order valence-electron chi connectivity index (χ2n) is 2.73. The monoisotopic (exact) mass is 185 g/mol. The molecule has 1 aromatic rings. The highest BCUT2D eigenvalue weighted by molar-refractivity contribution is 5.43. The van der Waals surface area contributed by atoms with Crippen molar-refractivity contribution in [1.82, 2.24) is 0 Å². The van der Waals surface area contributed by atoms with Crippen molar-refractivity contribution >= 4 is 0 Å². The average Bonchev–Trinajstić information content (AvgIpc) is 2.16. The normalized spacial score (nSPS) is 10.5. The van der Waals surface area contributed by atoms with Gasteiger partial charge in [-0.15, -0.1) is 0 Å². The zero-order chi connectivity index (χ0) is 9.84. The summed E-state index contributed by atoms with van der Waals surface area (Å²) in [5, 5.41) is 0. The Bertz CT molecular complexity index is 286. The van der Waals surface area contributed by atoms with Crippen LogP contribution in [0.1, 0.15) is 12.5 Å². The van der Waals surface area contributed by atoms with Crippen molar-refractivity contribution in [2.24, 2.45) is 0 Å². The number of ether oxygens (including phenoxy) is 1. The highest BCUT2D eigenvalue weighted by Gasteiger charge is 2.14. The van der Waals surface area contributed by atoms with Gasteiger partial charge < -0.3 is 4.74 Å². The lowest BCUT2D eigenvalue weighted by molar-refractivity contribution is 0.380. The number of hydrogen-bond acceptors (Lipinski definition) is 1. The zero-order valence-corrected chi connectivity index (χ0v) is 7.60. The summed E-state index contributed by atoms with van der Waals surface area (Å²) in [4.78, 5) is 0. The number of alkyl halides is 1. The molecule has 0 spiro atoms. The summed E-state index contributed by atoms with van der Waals surface area (Å²) in [7, 11) is 1.37. The highest BCUT2D eigenvalue weighted by atomic mass is 19.1. The van der Waals surface area contributed by atoms with Crippen molar-refractivity contribution in [3.05, 3.63) is 35.5 Å². The van der Waals surface area contributed by atoms with Crippen LogP contribution in [-0.2, 0) is 0 Å². The van der Waals surface area contributed by atoms with E-state index in [2.05, 4.69) is 0 Å². The van der Waals surface area contributed by atoms with E-state index in [4.69, 9.17) is 4.74 Å². The van der Waals surface area contributed by atoms with E-state index in [1.807, 2.05) is 0 Å². The molecule has 0 heterocycles. The van der Waals surface area contributed by atoms with Crippen molar-refractivity contribution in [1.29, 1.82) is 0 Å². The van der Waals surface area contributed by atoms with Gasteiger partial charge in [0.2, 0.25) is 0 Å². The Morgan fingerprint density at radius 2 is 2.15 bits per heavy atom. The van der Waals surface area contributed by atoms with Crippen LogP contribution in [0.3, 0.4) is 0 Å². The Hall–Kier alpha value is -1.12. The van der Waals surface area contributed by atoms with Gasteiger partial charge in [-0.2, -0.15) is 0 Å². The molecule has 0 fully saturated rings. The van der Waals surface area contributed by atoms with Gasteiger partial charge in [-0.1, -0.05) is 19.1 Å². The summed E-state index contributed by atoms with van der Waals surface area (Å²) in [6.45, 7) is 1.01. The predicted molar refractivity (Wildman–Crippen MR) is 46.9 cm³/mol. The fraction of sp³-hybridized carbons (Fsp3) is 0.300. The summed E-state index contributed by atoms with van der Waals surface area (Å²) in [6.07, 6.45) is 0. The predicted octanol–water partition coefficient (Wildman–Crippen LogP) is 2.75. The molecule has 0 N–H and O–H groups in total. The van der Waals surface area contributed by atoms with E-state index in [9.17, 15) is 8.78 Å². The molecule has 3 heteroatoms. The minimum absolute atomic E-state index is 0.109. The van der Waals surface area contributed by atoms with E-state index in [0.717, 1.165) is 0 Å². The number of para-hydroxylation sites is 1. The number of methoxy groups -OCH3 is 1. The Kier molecular flexibility index (Phi) is 3.23. The average molecular weight is 185 g/mol. The van der Waals surface area contributed by atoms with Gasteiger partial charge in [0.1, 0.15) is 0 Å². The van der Waals surface area contributed by atoms with Crippen molar-refractivity contribution in [3.8, 4) is 5.75 Å². The fourth-order valence-electron chi connectivity index (χ4n) is 1.12. The van der Waals surface area contributed by atoms with Crippen LogP contribution in [0, 0.1) is 11.7 Å². The highest BCUT2D eigenvalue weighted by Crippen LogP contribution is 2.28. The molecule has 0 aliphatic rings. The molecule has 1 radical (unpaired) electrons. The molecular weight excluding hydrogens is 174 g/mol. The van der Waals surface area contributed by atoms with Crippen LogP contribution in [-0.4, -0.2) is 13.8 Å². The van der Waals surface area contributed by atoms with Gasteiger partial charge >= 0.3 is 0 Å². The van der Waals surface area contributed by atoms with Gasteiger partial charge in [-0.3, -0.25) is 4.39 Å². The lowest BCUT2D eigenvalue weighted by Crippen LogP contribution is -2.01. The van der Waals surface area contributed by atoms with Crippen molar-refractivity contribution in [3.63, 3.8) is 0 Å². The Morgan fingerprint density at radius 1 is 1.46 bits per heavy atom. The first-order valence-electron chi connectivity index (χ1n) is 3.92. The van der Waals surface area contributed by atoms with Crippen molar-refractivity contribution in [2.45, 2.75) is 6.92 Å². The summed E-state index contributed by atoms with van der Waals surface area (Å²) in [5.41, 5.74) is 0.491. The Morgan fingerprint density at radius 3 is 2.69 bits per heavy atom. The molecule has 71 valence electrons. The summed E-state index contributed by atoms with van der Waals surface area (Å²) in [6, 6.07) is 4.46. The van der Waals surface area contributed by atoms with Gasteiger partial charge in [0.15, 0.2) is 11.6 Å². The van der Waals surface area contributed by atoms with Gasteiger partial charge in [0.25, 0.3) is 0 Å². The second-order valence-corrected chi connectivity index (χ2v) is 2.73.